The fourth-order valence-electron chi connectivity index (χ4n) is 1.02. The zero-order valence-corrected chi connectivity index (χ0v) is 11.0. The molecule has 0 fully saturated rings. The van der Waals surface area contributed by atoms with Crippen LogP contribution in [0.2, 0.25) is 5.02 Å². The molecule has 0 saturated heterocycles. The molecule has 0 aliphatic heterocycles. The minimum atomic E-state index is 0.461. The molecule has 0 bridgehead atoms. The monoisotopic (exact) mass is 275 g/mol. The van der Waals surface area contributed by atoms with Crippen LogP contribution in [-0.4, -0.2) is 6.04 Å². The predicted octanol–water partition coefficient (Wildman–Crippen LogP) is 4.56. The van der Waals surface area contributed by atoms with Crippen molar-refractivity contribution in [3.05, 3.63) is 27.7 Å². The first-order valence-electron chi connectivity index (χ1n) is 4.72. The van der Waals surface area contributed by atoms with Crippen molar-refractivity contribution in [2.75, 3.05) is 5.32 Å². The third-order valence-corrected chi connectivity index (χ3v) is 3.53. The van der Waals surface area contributed by atoms with Gasteiger partial charge in [-0.05, 0) is 47.0 Å². The van der Waals surface area contributed by atoms with Crippen molar-refractivity contribution in [2.24, 2.45) is 5.92 Å². The summed E-state index contributed by atoms with van der Waals surface area (Å²) in [6.07, 6.45) is 0. The van der Waals surface area contributed by atoms with Crippen LogP contribution in [0.25, 0.3) is 0 Å². The van der Waals surface area contributed by atoms with Crippen molar-refractivity contribution >= 4 is 33.2 Å². The van der Waals surface area contributed by atoms with Crippen molar-refractivity contribution in [3.8, 4) is 0 Å². The van der Waals surface area contributed by atoms with Crippen LogP contribution in [0.4, 0.5) is 5.69 Å². The van der Waals surface area contributed by atoms with Crippen LogP contribution in [0, 0.1) is 5.92 Å². The van der Waals surface area contributed by atoms with E-state index in [4.69, 9.17) is 11.6 Å². The van der Waals surface area contributed by atoms with E-state index in [1.54, 1.807) is 0 Å². The summed E-state index contributed by atoms with van der Waals surface area (Å²) in [5.41, 5.74) is 1.10. The molecular formula is C11H15BrClN. The Morgan fingerprint density at radius 3 is 2.43 bits per heavy atom. The van der Waals surface area contributed by atoms with E-state index in [0.717, 1.165) is 15.2 Å². The molecule has 1 rings (SSSR count). The minimum absolute atomic E-state index is 0.461. The van der Waals surface area contributed by atoms with E-state index in [9.17, 15) is 0 Å². The van der Waals surface area contributed by atoms with E-state index >= 15 is 0 Å². The Morgan fingerprint density at radius 1 is 1.29 bits per heavy atom. The topological polar surface area (TPSA) is 12.0 Å². The normalized spacial score (nSPS) is 13.0. The lowest BCUT2D eigenvalue weighted by Gasteiger charge is -2.19. The maximum Gasteiger partial charge on any atom is 0.0549 e. The van der Waals surface area contributed by atoms with E-state index in [0.29, 0.717) is 12.0 Å². The fourth-order valence-corrected chi connectivity index (χ4v) is 1.51. The second-order valence-corrected chi connectivity index (χ2v) is 5.07. The Morgan fingerprint density at radius 2 is 1.93 bits per heavy atom. The quantitative estimate of drug-likeness (QED) is 0.853. The molecule has 0 aliphatic rings. The summed E-state index contributed by atoms with van der Waals surface area (Å²) < 4.78 is 0.931. The minimum Gasteiger partial charge on any atom is -0.382 e. The van der Waals surface area contributed by atoms with E-state index in [1.807, 2.05) is 18.2 Å². The molecule has 0 amide bonds. The Hall–Kier alpha value is -0.210. The molecule has 1 atom stereocenters. The number of hydrogen-bond donors (Lipinski definition) is 1. The highest BCUT2D eigenvalue weighted by molar-refractivity contribution is 9.10. The zero-order chi connectivity index (χ0) is 10.7. The molecule has 0 saturated carbocycles. The lowest BCUT2D eigenvalue weighted by Crippen LogP contribution is -2.21. The van der Waals surface area contributed by atoms with Gasteiger partial charge < -0.3 is 5.32 Å². The van der Waals surface area contributed by atoms with Crippen molar-refractivity contribution in [2.45, 2.75) is 26.8 Å². The van der Waals surface area contributed by atoms with Crippen LogP contribution in [0.15, 0.2) is 22.7 Å². The smallest absolute Gasteiger partial charge is 0.0549 e. The highest BCUT2D eigenvalue weighted by Crippen LogP contribution is 2.26. The standard InChI is InChI=1S/C11H15BrClN/c1-7(2)8(3)14-9-4-5-11(13)10(12)6-9/h4-8,14H,1-3H3. The first-order valence-corrected chi connectivity index (χ1v) is 5.89. The Kier molecular flexibility index (Phi) is 4.27. The van der Waals surface area contributed by atoms with Gasteiger partial charge in [-0.25, -0.2) is 0 Å². The summed E-state index contributed by atoms with van der Waals surface area (Å²) in [6, 6.07) is 6.34. The van der Waals surface area contributed by atoms with Crippen LogP contribution < -0.4 is 5.32 Å². The van der Waals surface area contributed by atoms with Gasteiger partial charge in [0.2, 0.25) is 0 Å². The van der Waals surface area contributed by atoms with Gasteiger partial charge in [-0.2, -0.15) is 0 Å². The van der Waals surface area contributed by atoms with Gasteiger partial charge in [0.15, 0.2) is 0 Å². The van der Waals surface area contributed by atoms with E-state index in [2.05, 4.69) is 42.0 Å². The Balaban J connectivity index is 2.73. The van der Waals surface area contributed by atoms with E-state index in [1.165, 1.54) is 0 Å². The third-order valence-electron chi connectivity index (χ3n) is 2.31. The molecule has 78 valence electrons. The van der Waals surface area contributed by atoms with Crippen LogP contribution in [0.3, 0.4) is 0 Å². The zero-order valence-electron chi connectivity index (χ0n) is 8.64. The van der Waals surface area contributed by atoms with Gasteiger partial charge in [0.25, 0.3) is 0 Å². The van der Waals surface area contributed by atoms with Gasteiger partial charge >= 0.3 is 0 Å². The van der Waals surface area contributed by atoms with Gasteiger partial charge in [-0.3, -0.25) is 0 Å². The second-order valence-electron chi connectivity index (χ2n) is 3.81. The first-order chi connectivity index (χ1) is 6.50. The average Bonchev–Trinajstić information content (AvgIpc) is 2.11. The molecule has 0 heterocycles. The fraction of sp³-hybridized carbons (Fsp3) is 0.455. The Bertz CT molecular complexity index is 312. The first kappa shape index (κ1) is 11.9. The van der Waals surface area contributed by atoms with Crippen LogP contribution >= 0.6 is 27.5 Å². The van der Waals surface area contributed by atoms with Crippen LogP contribution in [0.1, 0.15) is 20.8 Å². The number of anilines is 1. The maximum absolute atomic E-state index is 5.91. The average molecular weight is 277 g/mol. The lowest BCUT2D eigenvalue weighted by atomic mass is 10.1. The maximum atomic E-state index is 5.91. The number of nitrogens with one attached hydrogen (secondary N) is 1. The summed E-state index contributed by atoms with van der Waals surface area (Å²) in [4.78, 5) is 0. The third kappa shape index (κ3) is 3.18. The van der Waals surface area contributed by atoms with Crippen LogP contribution in [-0.2, 0) is 0 Å². The molecule has 3 heteroatoms. The molecule has 0 radical (unpaired) electrons. The van der Waals surface area contributed by atoms with E-state index < -0.39 is 0 Å². The summed E-state index contributed by atoms with van der Waals surface area (Å²) in [5, 5.41) is 4.16. The summed E-state index contributed by atoms with van der Waals surface area (Å²) in [7, 11) is 0. The molecule has 1 aromatic carbocycles. The van der Waals surface area contributed by atoms with Gasteiger partial charge in [0, 0.05) is 16.2 Å². The molecule has 0 spiro atoms. The number of hydrogen-bond acceptors (Lipinski definition) is 1. The molecule has 14 heavy (non-hydrogen) atoms. The molecule has 0 aliphatic carbocycles. The second kappa shape index (κ2) is 5.04. The number of halogens is 2. The Labute approximate surface area is 99.0 Å². The van der Waals surface area contributed by atoms with Gasteiger partial charge in [-0.15, -0.1) is 0 Å². The highest BCUT2D eigenvalue weighted by atomic mass is 79.9. The summed E-state index contributed by atoms with van der Waals surface area (Å²) >= 11 is 9.31. The summed E-state index contributed by atoms with van der Waals surface area (Å²) in [6.45, 7) is 6.57. The molecule has 1 unspecified atom stereocenters. The SMILES string of the molecule is CC(C)C(C)Nc1ccc(Cl)c(Br)c1. The van der Waals surface area contributed by atoms with Gasteiger partial charge in [0.05, 0.1) is 5.02 Å². The molecule has 1 nitrogen and oxygen atoms in total. The van der Waals surface area contributed by atoms with E-state index in [-0.39, 0.29) is 0 Å². The van der Waals surface area contributed by atoms with Gasteiger partial charge in [0.1, 0.15) is 0 Å². The molecule has 1 N–H and O–H groups in total. The van der Waals surface area contributed by atoms with Crippen molar-refractivity contribution in [3.63, 3.8) is 0 Å². The number of rotatable bonds is 3. The molecule has 0 aromatic heterocycles. The largest absolute Gasteiger partial charge is 0.382 e. The lowest BCUT2D eigenvalue weighted by molar-refractivity contribution is 0.560. The molecule has 1 aromatic rings. The molecular weight excluding hydrogens is 261 g/mol. The highest BCUT2D eigenvalue weighted by Gasteiger charge is 2.07. The van der Waals surface area contributed by atoms with Crippen molar-refractivity contribution < 1.29 is 0 Å². The van der Waals surface area contributed by atoms with Crippen LogP contribution in [0.5, 0.6) is 0 Å². The van der Waals surface area contributed by atoms with Crippen molar-refractivity contribution in [1.29, 1.82) is 0 Å². The van der Waals surface area contributed by atoms with Crippen molar-refractivity contribution in [1.82, 2.24) is 0 Å². The predicted molar refractivity (Wildman–Crippen MR) is 67.1 cm³/mol. The number of benzene rings is 1. The summed E-state index contributed by atoms with van der Waals surface area (Å²) in [5.74, 6) is 0.615. The van der Waals surface area contributed by atoms with Gasteiger partial charge in [-0.1, -0.05) is 25.4 Å².